The molecular formula is C14H29N3. The van der Waals surface area contributed by atoms with Gasteiger partial charge >= 0.3 is 0 Å². The molecule has 3 unspecified atom stereocenters. The molecule has 2 aliphatic rings. The minimum atomic E-state index is 0.699. The van der Waals surface area contributed by atoms with Crippen LogP contribution in [0.5, 0.6) is 0 Å². The van der Waals surface area contributed by atoms with E-state index in [1.807, 2.05) is 0 Å². The van der Waals surface area contributed by atoms with Crippen LogP contribution < -0.4 is 5.32 Å². The number of hydrogen-bond acceptors (Lipinski definition) is 3. The normalized spacial score (nSPS) is 31.4. The molecule has 0 spiro atoms. The van der Waals surface area contributed by atoms with Crippen molar-refractivity contribution in [1.82, 2.24) is 15.1 Å². The van der Waals surface area contributed by atoms with Crippen LogP contribution in [0.15, 0.2) is 0 Å². The summed E-state index contributed by atoms with van der Waals surface area (Å²) in [7, 11) is 2.23. The molecule has 0 aromatic carbocycles. The third-order valence-electron chi connectivity index (χ3n) is 4.53. The Morgan fingerprint density at radius 1 is 1.24 bits per heavy atom. The van der Waals surface area contributed by atoms with Gasteiger partial charge in [0.25, 0.3) is 0 Å². The Labute approximate surface area is 107 Å². The second-order valence-corrected chi connectivity index (χ2v) is 6.25. The lowest BCUT2D eigenvalue weighted by molar-refractivity contribution is 0.0469. The summed E-state index contributed by atoms with van der Waals surface area (Å²) in [4.78, 5) is 5.14. The van der Waals surface area contributed by atoms with Gasteiger partial charge in [0.2, 0.25) is 0 Å². The topological polar surface area (TPSA) is 18.5 Å². The van der Waals surface area contributed by atoms with Crippen LogP contribution in [-0.2, 0) is 0 Å². The summed E-state index contributed by atoms with van der Waals surface area (Å²) in [5.74, 6) is 0.751. The van der Waals surface area contributed by atoms with Crippen LogP contribution in [0.2, 0.25) is 0 Å². The van der Waals surface area contributed by atoms with Gasteiger partial charge in [-0.05, 0) is 46.2 Å². The maximum atomic E-state index is 3.66. The number of likely N-dealkylation sites (N-methyl/N-ethyl adjacent to an activating group) is 1. The first-order valence-corrected chi connectivity index (χ1v) is 7.25. The van der Waals surface area contributed by atoms with E-state index >= 15 is 0 Å². The zero-order valence-corrected chi connectivity index (χ0v) is 11.9. The van der Waals surface area contributed by atoms with E-state index in [4.69, 9.17) is 0 Å². The van der Waals surface area contributed by atoms with E-state index in [0.29, 0.717) is 12.1 Å². The third kappa shape index (κ3) is 3.67. The van der Waals surface area contributed by atoms with Crippen LogP contribution in [0.4, 0.5) is 0 Å². The van der Waals surface area contributed by atoms with Crippen LogP contribution in [-0.4, -0.2) is 61.2 Å². The molecule has 1 saturated heterocycles. The molecule has 1 heterocycles. The average Bonchev–Trinajstić information content (AvgIpc) is 3.09. The van der Waals surface area contributed by atoms with Crippen LogP contribution in [0.3, 0.4) is 0 Å². The van der Waals surface area contributed by atoms with Crippen LogP contribution in [0, 0.1) is 5.92 Å². The van der Waals surface area contributed by atoms with Gasteiger partial charge in [-0.3, -0.25) is 4.90 Å². The second kappa shape index (κ2) is 5.68. The molecule has 0 aromatic rings. The molecular weight excluding hydrogens is 210 g/mol. The zero-order valence-electron chi connectivity index (χ0n) is 11.9. The van der Waals surface area contributed by atoms with Crippen LogP contribution in [0.1, 0.15) is 33.6 Å². The van der Waals surface area contributed by atoms with E-state index in [0.717, 1.165) is 12.0 Å². The van der Waals surface area contributed by atoms with E-state index in [1.165, 1.54) is 39.0 Å². The lowest BCUT2D eigenvalue weighted by Crippen LogP contribution is -2.55. The molecule has 1 aliphatic carbocycles. The first kappa shape index (κ1) is 13.3. The minimum Gasteiger partial charge on any atom is -0.314 e. The maximum absolute atomic E-state index is 3.66. The monoisotopic (exact) mass is 239 g/mol. The van der Waals surface area contributed by atoms with Gasteiger partial charge in [-0.25, -0.2) is 0 Å². The smallest absolute Gasteiger partial charge is 0.0198 e. The molecule has 1 aliphatic heterocycles. The van der Waals surface area contributed by atoms with Gasteiger partial charge in [0.15, 0.2) is 0 Å². The fourth-order valence-corrected chi connectivity index (χ4v) is 2.90. The lowest BCUT2D eigenvalue weighted by atomic mass is 9.99. The quantitative estimate of drug-likeness (QED) is 0.782. The van der Waals surface area contributed by atoms with Gasteiger partial charge < -0.3 is 10.2 Å². The van der Waals surface area contributed by atoms with E-state index < -0.39 is 0 Å². The van der Waals surface area contributed by atoms with Gasteiger partial charge in [-0.15, -0.1) is 0 Å². The summed E-state index contributed by atoms with van der Waals surface area (Å²) in [5, 5.41) is 3.66. The van der Waals surface area contributed by atoms with Crippen molar-refractivity contribution in [3.63, 3.8) is 0 Å². The Morgan fingerprint density at radius 2 is 1.94 bits per heavy atom. The average molecular weight is 239 g/mol. The van der Waals surface area contributed by atoms with Crippen molar-refractivity contribution < 1.29 is 0 Å². The third-order valence-corrected chi connectivity index (χ3v) is 4.53. The van der Waals surface area contributed by atoms with Crippen LogP contribution in [0.25, 0.3) is 0 Å². The summed E-state index contributed by atoms with van der Waals surface area (Å²) in [6.45, 7) is 12.0. The van der Waals surface area contributed by atoms with Gasteiger partial charge in [-0.2, -0.15) is 0 Å². The molecule has 3 atom stereocenters. The first-order chi connectivity index (χ1) is 8.08. The largest absolute Gasteiger partial charge is 0.314 e. The standard InChI is InChI=1S/C14H29N3/c1-11(9-15-14-5-6-14)13(3)17-8-7-16(4)10-12(17)2/h11-15H,5-10H2,1-4H3. The molecule has 0 aromatic heterocycles. The maximum Gasteiger partial charge on any atom is 0.0198 e. The number of rotatable bonds is 5. The number of nitrogens with one attached hydrogen (secondary N) is 1. The van der Waals surface area contributed by atoms with Gasteiger partial charge in [0.1, 0.15) is 0 Å². The van der Waals surface area contributed by atoms with E-state index in [1.54, 1.807) is 0 Å². The number of piperazine rings is 1. The molecule has 3 heteroatoms. The predicted octanol–water partition coefficient (Wildman–Crippen LogP) is 1.40. The first-order valence-electron chi connectivity index (χ1n) is 7.25. The fourth-order valence-electron chi connectivity index (χ4n) is 2.90. The van der Waals surface area contributed by atoms with Gasteiger partial charge in [-0.1, -0.05) is 6.92 Å². The molecule has 1 saturated carbocycles. The molecule has 3 nitrogen and oxygen atoms in total. The molecule has 0 amide bonds. The van der Waals surface area contributed by atoms with Crippen molar-refractivity contribution in [2.45, 2.75) is 51.7 Å². The van der Waals surface area contributed by atoms with Crippen molar-refractivity contribution in [3.05, 3.63) is 0 Å². The van der Waals surface area contributed by atoms with E-state index in [-0.39, 0.29) is 0 Å². The molecule has 0 radical (unpaired) electrons. The number of hydrogen-bond donors (Lipinski definition) is 1. The Balaban J connectivity index is 1.78. The summed E-state index contributed by atoms with van der Waals surface area (Å²) in [6.07, 6.45) is 2.79. The van der Waals surface area contributed by atoms with Crippen molar-refractivity contribution in [2.24, 2.45) is 5.92 Å². The summed E-state index contributed by atoms with van der Waals surface area (Å²) < 4.78 is 0. The zero-order chi connectivity index (χ0) is 12.4. The van der Waals surface area contributed by atoms with Crippen molar-refractivity contribution in [3.8, 4) is 0 Å². The van der Waals surface area contributed by atoms with Crippen LogP contribution >= 0.6 is 0 Å². The van der Waals surface area contributed by atoms with Crippen molar-refractivity contribution in [2.75, 3.05) is 33.2 Å². The number of nitrogens with zero attached hydrogens (tertiary/aromatic N) is 2. The molecule has 2 fully saturated rings. The Bertz CT molecular complexity index is 240. The molecule has 1 N–H and O–H groups in total. The van der Waals surface area contributed by atoms with Gasteiger partial charge in [0, 0.05) is 37.8 Å². The summed E-state index contributed by atoms with van der Waals surface area (Å²) in [6, 6.07) is 2.24. The Kier molecular flexibility index (Phi) is 4.45. The molecule has 17 heavy (non-hydrogen) atoms. The predicted molar refractivity (Wildman–Crippen MR) is 73.3 cm³/mol. The molecule has 100 valence electrons. The lowest BCUT2D eigenvalue weighted by Gasteiger charge is -2.43. The fraction of sp³-hybridized carbons (Fsp3) is 1.00. The molecule has 0 bridgehead atoms. The highest BCUT2D eigenvalue weighted by Gasteiger charge is 2.29. The van der Waals surface area contributed by atoms with Crippen molar-refractivity contribution >= 4 is 0 Å². The minimum absolute atomic E-state index is 0.699. The Morgan fingerprint density at radius 3 is 2.53 bits per heavy atom. The van der Waals surface area contributed by atoms with Gasteiger partial charge in [0.05, 0.1) is 0 Å². The summed E-state index contributed by atoms with van der Waals surface area (Å²) in [5.41, 5.74) is 0. The highest BCUT2D eigenvalue weighted by Crippen LogP contribution is 2.21. The van der Waals surface area contributed by atoms with E-state index in [9.17, 15) is 0 Å². The van der Waals surface area contributed by atoms with E-state index in [2.05, 4.69) is 42.9 Å². The second-order valence-electron chi connectivity index (χ2n) is 6.25. The summed E-state index contributed by atoms with van der Waals surface area (Å²) >= 11 is 0. The highest BCUT2D eigenvalue weighted by molar-refractivity contribution is 4.86. The molecule has 2 rings (SSSR count). The Hall–Kier alpha value is -0.120. The highest BCUT2D eigenvalue weighted by atomic mass is 15.3. The SMILES string of the molecule is CC(CNC1CC1)C(C)N1CCN(C)CC1C. The van der Waals surface area contributed by atoms with Crippen molar-refractivity contribution in [1.29, 1.82) is 0 Å².